The summed E-state index contributed by atoms with van der Waals surface area (Å²) in [6.07, 6.45) is 2.30. The SMILES string of the molecule is CSCC[C@@H](NC(=O)NC(C)c1cccc(Br)c1)C(=O)O. The molecule has 21 heavy (non-hydrogen) atoms. The Kier molecular flexibility index (Phi) is 7.60. The average molecular weight is 375 g/mol. The van der Waals surface area contributed by atoms with Crippen LogP contribution >= 0.6 is 27.7 Å². The predicted molar refractivity (Wildman–Crippen MR) is 88.6 cm³/mol. The van der Waals surface area contributed by atoms with Gasteiger partial charge < -0.3 is 15.7 Å². The van der Waals surface area contributed by atoms with Gasteiger partial charge in [0.1, 0.15) is 6.04 Å². The Balaban J connectivity index is 2.57. The van der Waals surface area contributed by atoms with Gasteiger partial charge >= 0.3 is 12.0 Å². The number of hydrogen-bond donors (Lipinski definition) is 3. The Morgan fingerprint density at radius 1 is 1.38 bits per heavy atom. The van der Waals surface area contributed by atoms with Gasteiger partial charge in [0.2, 0.25) is 0 Å². The second-order valence-electron chi connectivity index (χ2n) is 4.57. The van der Waals surface area contributed by atoms with Gasteiger partial charge in [-0.15, -0.1) is 0 Å². The standard InChI is InChI=1S/C14H19BrN2O3S/c1-9(10-4-3-5-11(15)8-10)16-14(20)17-12(13(18)19)6-7-21-2/h3-5,8-9,12H,6-7H2,1-2H3,(H,18,19)(H2,16,17,20)/t9?,12-/m1/s1. The first kappa shape index (κ1) is 17.8. The predicted octanol–water partition coefficient (Wildman–Crippen LogP) is 3.02. The van der Waals surface area contributed by atoms with Gasteiger partial charge in [-0.2, -0.15) is 11.8 Å². The van der Waals surface area contributed by atoms with Crippen LogP contribution in [0.2, 0.25) is 0 Å². The minimum Gasteiger partial charge on any atom is -0.480 e. The maximum Gasteiger partial charge on any atom is 0.326 e. The fourth-order valence-electron chi connectivity index (χ4n) is 1.75. The highest BCUT2D eigenvalue weighted by Crippen LogP contribution is 2.17. The molecule has 1 aromatic carbocycles. The highest BCUT2D eigenvalue weighted by molar-refractivity contribution is 9.10. The second-order valence-corrected chi connectivity index (χ2v) is 6.47. The van der Waals surface area contributed by atoms with Gasteiger partial charge in [-0.1, -0.05) is 28.1 Å². The number of carbonyl (C=O) groups is 2. The highest BCUT2D eigenvalue weighted by Gasteiger charge is 2.20. The van der Waals surface area contributed by atoms with Crippen molar-refractivity contribution >= 4 is 39.7 Å². The third-order valence-corrected chi connectivity index (χ3v) is 4.05. The minimum atomic E-state index is -1.02. The molecule has 5 nitrogen and oxygen atoms in total. The van der Waals surface area contributed by atoms with E-state index >= 15 is 0 Å². The Morgan fingerprint density at radius 3 is 2.67 bits per heavy atom. The number of carboxylic acid groups (broad SMARTS) is 1. The number of rotatable bonds is 7. The van der Waals surface area contributed by atoms with Crippen LogP contribution in [0.3, 0.4) is 0 Å². The molecule has 116 valence electrons. The zero-order chi connectivity index (χ0) is 15.8. The number of halogens is 1. The number of nitrogens with one attached hydrogen (secondary N) is 2. The van der Waals surface area contributed by atoms with E-state index in [2.05, 4.69) is 26.6 Å². The van der Waals surface area contributed by atoms with Gasteiger partial charge in [0.05, 0.1) is 6.04 Å². The molecule has 3 N–H and O–H groups in total. The normalized spacial score (nSPS) is 13.3. The van der Waals surface area contributed by atoms with Crippen molar-refractivity contribution in [2.75, 3.05) is 12.0 Å². The number of hydrogen-bond acceptors (Lipinski definition) is 3. The van der Waals surface area contributed by atoms with Crippen LogP contribution in [-0.4, -0.2) is 35.2 Å². The largest absolute Gasteiger partial charge is 0.480 e. The summed E-state index contributed by atoms with van der Waals surface area (Å²) < 4.78 is 0.928. The zero-order valence-corrected chi connectivity index (χ0v) is 14.3. The summed E-state index contributed by atoms with van der Waals surface area (Å²) in [5.74, 6) is -0.340. The number of aliphatic carboxylic acids is 1. The Bertz CT molecular complexity index is 499. The summed E-state index contributed by atoms with van der Waals surface area (Å²) in [5, 5.41) is 14.3. The van der Waals surface area contributed by atoms with E-state index in [1.807, 2.05) is 37.4 Å². The molecule has 7 heteroatoms. The van der Waals surface area contributed by atoms with E-state index in [1.54, 1.807) is 11.8 Å². The van der Waals surface area contributed by atoms with Crippen molar-refractivity contribution in [2.24, 2.45) is 0 Å². The average Bonchev–Trinajstić information content (AvgIpc) is 2.43. The van der Waals surface area contributed by atoms with E-state index in [4.69, 9.17) is 5.11 Å². The summed E-state index contributed by atoms with van der Waals surface area (Å²) in [6, 6.07) is 6.04. The molecule has 0 aliphatic rings. The number of urea groups is 1. The van der Waals surface area contributed by atoms with Crippen LogP contribution in [0.1, 0.15) is 24.9 Å². The molecule has 1 unspecified atom stereocenters. The number of benzene rings is 1. The number of amides is 2. The first-order chi connectivity index (χ1) is 9.93. The van der Waals surface area contributed by atoms with Crippen LogP contribution in [0, 0.1) is 0 Å². The quantitative estimate of drug-likeness (QED) is 0.685. The molecule has 0 aromatic heterocycles. The molecular formula is C14H19BrN2O3S. The lowest BCUT2D eigenvalue weighted by Crippen LogP contribution is -2.46. The number of carbonyl (C=O) groups excluding carboxylic acids is 1. The van der Waals surface area contributed by atoms with Crippen molar-refractivity contribution in [2.45, 2.75) is 25.4 Å². The second kappa shape index (κ2) is 8.94. The van der Waals surface area contributed by atoms with E-state index in [-0.39, 0.29) is 6.04 Å². The summed E-state index contributed by atoms with van der Waals surface area (Å²) in [5.41, 5.74) is 0.940. The van der Waals surface area contributed by atoms with Crippen LogP contribution in [-0.2, 0) is 4.79 Å². The van der Waals surface area contributed by atoms with Gasteiger partial charge in [0.25, 0.3) is 0 Å². The topological polar surface area (TPSA) is 78.4 Å². The fraction of sp³-hybridized carbons (Fsp3) is 0.429. The smallest absolute Gasteiger partial charge is 0.326 e. The Labute approximate surface area is 137 Å². The van der Waals surface area contributed by atoms with Gasteiger partial charge in [-0.3, -0.25) is 0 Å². The van der Waals surface area contributed by atoms with Gasteiger partial charge in [0.15, 0.2) is 0 Å². The first-order valence-electron chi connectivity index (χ1n) is 6.48. The van der Waals surface area contributed by atoms with Crippen LogP contribution < -0.4 is 10.6 Å². The van der Waals surface area contributed by atoms with E-state index in [0.717, 1.165) is 10.0 Å². The van der Waals surface area contributed by atoms with E-state index in [0.29, 0.717) is 12.2 Å². The van der Waals surface area contributed by atoms with Crippen molar-refractivity contribution in [1.29, 1.82) is 0 Å². The van der Waals surface area contributed by atoms with Gasteiger partial charge in [-0.25, -0.2) is 9.59 Å². The molecule has 0 heterocycles. The molecule has 2 atom stereocenters. The summed E-state index contributed by atoms with van der Waals surface area (Å²) >= 11 is 4.92. The maximum atomic E-state index is 11.9. The molecule has 0 bridgehead atoms. The molecule has 0 radical (unpaired) electrons. The van der Waals surface area contributed by atoms with Crippen LogP contribution in [0.5, 0.6) is 0 Å². The zero-order valence-electron chi connectivity index (χ0n) is 11.9. The monoisotopic (exact) mass is 374 g/mol. The molecule has 2 amide bonds. The molecule has 1 aromatic rings. The van der Waals surface area contributed by atoms with Crippen LogP contribution in [0.15, 0.2) is 28.7 Å². The maximum absolute atomic E-state index is 11.9. The highest BCUT2D eigenvalue weighted by atomic mass is 79.9. The van der Waals surface area contributed by atoms with Gasteiger partial charge in [0, 0.05) is 4.47 Å². The van der Waals surface area contributed by atoms with Crippen LogP contribution in [0.25, 0.3) is 0 Å². The summed E-state index contributed by atoms with van der Waals surface area (Å²) in [6.45, 7) is 1.85. The molecule has 1 rings (SSSR count). The molecule has 0 aliphatic heterocycles. The molecule has 0 aliphatic carbocycles. The van der Waals surface area contributed by atoms with Crippen LogP contribution in [0.4, 0.5) is 4.79 Å². The molecular weight excluding hydrogens is 356 g/mol. The number of thioether (sulfide) groups is 1. The van der Waals surface area contributed by atoms with E-state index < -0.39 is 18.0 Å². The molecule has 0 fully saturated rings. The minimum absolute atomic E-state index is 0.211. The van der Waals surface area contributed by atoms with E-state index in [1.165, 1.54) is 0 Å². The lowest BCUT2D eigenvalue weighted by Gasteiger charge is -2.18. The van der Waals surface area contributed by atoms with Crippen molar-refractivity contribution in [1.82, 2.24) is 10.6 Å². The van der Waals surface area contributed by atoms with Crippen molar-refractivity contribution < 1.29 is 14.7 Å². The Morgan fingerprint density at radius 2 is 2.10 bits per heavy atom. The first-order valence-corrected chi connectivity index (χ1v) is 8.67. The Hall–Kier alpha value is -1.21. The van der Waals surface area contributed by atoms with Crippen molar-refractivity contribution in [3.05, 3.63) is 34.3 Å². The lowest BCUT2D eigenvalue weighted by atomic mass is 10.1. The van der Waals surface area contributed by atoms with E-state index in [9.17, 15) is 9.59 Å². The molecule has 0 saturated carbocycles. The van der Waals surface area contributed by atoms with Crippen molar-refractivity contribution in [3.8, 4) is 0 Å². The fourth-order valence-corrected chi connectivity index (χ4v) is 2.64. The molecule has 0 saturated heterocycles. The summed E-state index contributed by atoms with van der Waals surface area (Å²) in [4.78, 5) is 23.0. The van der Waals surface area contributed by atoms with Crippen molar-refractivity contribution in [3.63, 3.8) is 0 Å². The number of carboxylic acids is 1. The molecule has 0 spiro atoms. The lowest BCUT2D eigenvalue weighted by molar-refractivity contribution is -0.139. The third kappa shape index (κ3) is 6.39. The van der Waals surface area contributed by atoms with Gasteiger partial charge in [-0.05, 0) is 43.0 Å². The third-order valence-electron chi connectivity index (χ3n) is 2.91. The summed E-state index contributed by atoms with van der Waals surface area (Å²) in [7, 11) is 0.